The average Bonchev–Trinajstić information content (AvgIpc) is 2.89. The molecular weight excluding hydrogens is 270 g/mol. The van der Waals surface area contributed by atoms with Crippen molar-refractivity contribution in [2.75, 3.05) is 6.54 Å². The van der Waals surface area contributed by atoms with Crippen LogP contribution >= 0.6 is 11.3 Å². The highest BCUT2D eigenvalue weighted by Crippen LogP contribution is 2.30. The SMILES string of the molecule is O=C(NCC1(O)CCCCC1)c1cc2c(s1)CCCC2. The van der Waals surface area contributed by atoms with E-state index in [4.69, 9.17) is 0 Å². The van der Waals surface area contributed by atoms with Gasteiger partial charge in [0, 0.05) is 11.4 Å². The van der Waals surface area contributed by atoms with E-state index in [0.29, 0.717) is 6.54 Å². The van der Waals surface area contributed by atoms with Crippen molar-refractivity contribution in [3.8, 4) is 0 Å². The lowest BCUT2D eigenvalue weighted by Crippen LogP contribution is -2.44. The summed E-state index contributed by atoms with van der Waals surface area (Å²) in [6, 6.07) is 2.05. The van der Waals surface area contributed by atoms with Gasteiger partial charge in [0.1, 0.15) is 0 Å². The summed E-state index contributed by atoms with van der Waals surface area (Å²) < 4.78 is 0. The number of carbonyl (C=O) groups excluding carboxylic acids is 1. The maximum Gasteiger partial charge on any atom is 0.261 e. The Morgan fingerprint density at radius 1 is 1.20 bits per heavy atom. The van der Waals surface area contributed by atoms with Crippen LogP contribution < -0.4 is 5.32 Å². The summed E-state index contributed by atoms with van der Waals surface area (Å²) in [5, 5.41) is 13.4. The Morgan fingerprint density at radius 3 is 2.70 bits per heavy atom. The molecule has 0 saturated heterocycles. The second-order valence-corrected chi connectivity index (χ2v) is 7.37. The molecule has 1 fully saturated rings. The molecule has 2 N–H and O–H groups in total. The molecule has 1 heterocycles. The lowest BCUT2D eigenvalue weighted by atomic mass is 9.85. The summed E-state index contributed by atoms with van der Waals surface area (Å²) in [6.45, 7) is 0.397. The van der Waals surface area contributed by atoms with Gasteiger partial charge in [0.05, 0.1) is 10.5 Å². The molecule has 0 spiro atoms. The van der Waals surface area contributed by atoms with Gasteiger partial charge in [-0.2, -0.15) is 0 Å². The van der Waals surface area contributed by atoms with Crippen LogP contribution in [-0.2, 0) is 12.8 Å². The molecule has 0 aromatic carbocycles. The first-order valence-corrected chi connectivity index (χ1v) is 8.60. The average molecular weight is 293 g/mol. The fraction of sp³-hybridized carbons (Fsp3) is 0.688. The number of hydrogen-bond donors (Lipinski definition) is 2. The van der Waals surface area contributed by atoms with Gasteiger partial charge >= 0.3 is 0 Å². The topological polar surface area (TPSA) is 49.3 Å². The van der Waals surface area contributed by atoms with Crippen molar-refractivity contribution in [3.63, 3.8) is 0 Å². The van der Waals surface area contributed by atoms with E-state index in [1.54, 1.807) is 11.3 Å². The van der Waals surface area contributed by atoms with Gasteiger partial charge in [0.25, 0.3) is 5.91 Å². The maximum atomic E-state index is 12.2. The molecule has 110 valence electrons. The third-order valence-electron chi connectivity index (χ3n) is 4.58. The number of amides is 1. The van der Waals surface area contributed by atoms with Gasteiger partial charge in [-0.1, -0.05) is 19.3 Å². The van der Waals surface area contributed by atoms with Gasteiger partial charge in [-0.05, 0) is 50.2 Å². The van der Waals surface area contributed by atoms with E-state index in [1.807, 2.05) is 0 Å². The van der Waals surface area contributed by atoms with Crippen molar-refractivity contribution in [1.82, 2.24) is 5.32 Å². The maximum absolute atomic E-state index is 12.2. The molecule has 2 aliphatic carbocycles. The monoisotopic (exact) mass is 293 g/mol. The highest BCUT2D eigenvalue weighted by atomic mass is 32.1. The van der Waals surface area contributed by atoms with Crippen LogP contribution in [0, 0.1) is 0 Å². The number of rotatable bonds is 3. The van der Waals surface area contributed by atoms with Crippen LogP contribution in [0.4, 0.5) is 0 Å². The van der Waals surface area contributed by atoms with Gasteiger partial charge in [0.15, 0.2) is 0 Å². The summed E-state index contributed by atoms with van der Waals surface area (Å²) in [5.74, 6) is -0.0107. The fourth-order valence-electron chi connectivity index (χ4n) is 3.32. The van der Waals surface area contributed by atoms with Gasteiger partial charge in [-0.25, -0.2) is 0 Å². The third kappa shape index (κ3) is 3.07. The molecule has 0 aliphatic heterocycles. The summed E-state index contributed by atoms with van der Waals surface area (Å²) in [6.07, 6.45) is 9.69. The minimum atomic E-state index is -0.676. The predicted molar refractivity (Wildman–Crippen MR) is 81.3 cm³/mol. The standard InChI is InChI=1S/C16H23NO2S/c18-15(17-11-16(19)8-4-1-5-9-16)14-10-12-6-2-3-7-13(12)20-14/h10,19H,1-9,11H2,(H,17,18). The van der Waals surface area contributed by atoms with Gasteiger partial charge in [-0.15, -0.1) is 11.3 Å². The molecule has 0 radical (unpaired) electrons. The second-order valence-electron chi connectivity index (χ2n) is 6.23. The van der Waals surface area contributed by atoms with E-state index in [9.17, 15) is 9.90 Å². The number of hydrogen-bond acceptors (Lipinski definition) is 3. The molecule has 3 rings (SSSR count). The summed E-state index contributed by atoms with van der Waals surface area (Å²) in [4.78, 5) is 14.4. The first-order chi connectivity index (χ1) is 9.66. The van der Waals surface area contributed by atoms with Crippen molar-refractivity contribution in [3.05, 3.63) is 21.4 Å². The van der Waals surface area contributed by atoms with Gasteiger partial charge in [0.2, 0.25) is 0 Å². The van der Waals surface area contributed by atoms with E-state index in [1.165, 1.54) is 29.7 Å². The highest BCUT2D eigenvalue weighted by molar-refractivity contribution is 7.14. The van der Waals surface area contributed by atoms with Gasteiger partial charge < -0.3 is 10.4 Å². The summed E-state index contributed by atoms with van der Waals surface area (Å²) >= 11 is 1.64. The van der Waals surface area contributed by atoms with Crippen molar-refractivity contribution >= 4 is 17.2 Å². The van der Waals surface area contributed by atoms with Crippen LogP contribution in [0.1, 0.15) is 65.1 Å². The smallest absolute Gasteiger partial charge is 0.261 e. The molecule has 0 bridgehead atoms. The molecule has 2 aliphatic rings. The van der Waals surface area contributed by atoms with Crippen LogP contribution in [0.2, 0.25) is 0 Å². The minimum Gasteiger partial charge on any atom is -0.388 e. The number of aliphatic hydroxyl groups is 1. The van der Waals surface area contributed by atoms with Crippen LogP contribution in [0.5, 0.6) is 0 Å². The van der Waals surface area contributed by atoms with Crippen molar-refractivity contribution < 1.29 is 9.90 Å². The van der Waals surface area contributed by atoms with Crippen LogP contribution in [0.3, 0.4) is 0 Å². The number of aryl methyl sites for hydroxylation is 2. The zero-order valence-corrected chi connectivity index (χ0v) is 12.7. The normalized spacial score (nSPS) is 21.2. The molecule has 0 unspecified atom stereocenters. The van der Waals surface area contributed by atoms with Crippen LogP contribution in [-0.4, -0.2) is 23.2 Å². The zero-order chi connectivity index (χ0) is 14.0. The fourth-order valence-corrected chi connectivity index (χ4v) is 4.49. The van der Waals surface area contributed by atoms with E-state index in [2.05, 4.69) is 11.4 Å². The lowest BCUT2D eigenvalue weighted by Gasteiger charge is -2.32. The van der Waals surface area contributed by atoms with Crippen molar-refractivity contribution in [2.45, 2.75) is 63.4 Å². The molecule has 0 atom stereocenters. The number of thiophene rings is 1. The van der Waals surface area contributed by atoms with Crippen molar-refractivity contribution in [2.24, 2.45) is 0 Å². The van der Waals surface area contributed by atoms with E-state index < -0.39 is 5.60 Å². The Morgan fingerprint density at radius 2 is 1.95 bits per heavy atom. The highest BCUT2D eigenvalue weighted by Gasteiger charge is 2.29. The first-order valence-electron chi connectivity index (χ1n) is 7.78. The van der Waals surface area contributed by atoms with E-state index in [0.717, 1.165) is 43.4 Å². The third-order valence-corrected chi connectivity index (χ3v) is 5.82. The Bertz CT molecular complexity index is 465. The van der Waals surface area contributed by atoms with Gasteiger partial charge in [-0.3, -0.25) is 4.79 Å². The zero-order valence-electron chi connectivity index (χ0n) is 11.9. The Labute approximate surface area is 124 Å². The lowest BCUT2D eigenvalue weighted by molar-refractivity contribution is 0.00529. The molecule has 1 saturated carbocycles. The molecule has 20 heavy (non-hydrogen) atoms. The van der Waals surface area contributed by atoms with E-state index in [-0.39, 0.29) is 5.91 Å². The van der Waals surface area contributed by atoms with Crippen molar-refractivity contribution in [1.29, 1.82) is 0 Å². The minimum absolute atomic E-state index is 0.0107. The first kappa shape index (κ1) is 14.1. The largest absolute Gasteiger partial charge is 0.388 e. The predicted octanol–water partition coefficient (Wildman–Crippen LogP) is 3.05. The quantitative estimate of drug-likeness (QED) is 0.900. The number of carbonyl (C=O) groups is 1. The molecule has 4 heteroatoms. The van der Waals surface area contributed by atoms with Crippen LogP contribution in [0.15, 0.2) is 6.07 Å². The molecule has 1 aromatic rings. The molecule has 3 nitrogen and oxygen atoms in total. The van der Waals surface area contributed by atoms with E-state index >= 15 is 0 Å². The number of nitrogens with one attached hydrogen (secondary N) is 1. The second kappa shape index (κ2) is 5.86. The summed E-state index contributed by atoms with van der Waals surface area (Å²) in [7, 11) is 0. The Kier molecular flexibility index (Phi) is 4.13. The number of fused-ring (bicyclic) bond motifs is 1. The molecule has 1 aromatic heterocycles. The van der Waals surface area contributed by atoms with Crippen LogP contribution in [0.25, 0.3) is 0 Å². The molecule has 1 amide bonds. The molecular formula is C16H23NO2S. The summed E-state index contributed by atoms with van der Waals surface area (Å²) in [5.41, 5.74) is 0.688. The Hall–Kier alpha value is -0.870. The Balaban J connectivity index is 1.60.